The second-order valence-corrected chi connectivity index (χ2v) is 6.73. The summed E-state index contributed by atoms with van der Waals surface area (Å²) in [6.45, 7) is 1.74. The fourth-order valence-corrected chi connectivity index (χ4v) is 3.63. The van der Waals surface area contributed by atoms with Crippen molar-refractivity contribution in [3.05, 3.63) is 83.4 Å². The average Bonchev–Trinajstić information content (AvgIpc) is 3.30. The number of benzene rings is 2. The predicted octanol–water partition coefficient (Wildman–Crippen LogP) is 4.44. The van der Waals surface area contributed by atoms with Gasteiger partial charge in [-0.25, -0.2) is 18.7 Å². The molecule has 6 nitrogen and oxygen atoms in total. The van der Waals surface area contributed by atoms with Crippen LogP contribution in [0.15, 0.2) is 60.7 Å². The van der Waals surface area contributed by atoms with Crippen molar-refractivity contribution in [2.24, 2.45) is 0 Å². The van der Waals surface area contributed by atoms with E-state index in [2.05, 4.69) is 0 Å². The van der Waals surface area contributed by atoms with Crippen LogP contribution in [0.5, 0.6) is 0 Å². The molecule has 0 aliphatic rings. The van der Waals surface area contributed by atoms with Crippen LogP contribution in [0, 0.1) is 12.7 Å². The molecule has 0 N–H and O–H groups in total. The highest BCUT2D eigenvalue weighted by Crippen LogP contribution is 2.31. The van der Waals surface area contributed by atoms with Gasteiger partial charge in [-0.3, -0.25) is 4.68 Å². The SMILES string of the molecule is COC(=O)c1cc(-c2cccc(F)c2)n(-n2c(C(=O)OC)cc3ccccc32)c1C. The molecule has 152 valence electrons. The highest BCUT2D eigenvalue weighted by molar-refractivity contribution is 5.96. The minimum Gasteiger partial charge on any atom is -0.465 e. The Hall–Kier alpha value is -3.87. The summed E-state index contributed by atoms with van der Waals surface area (Å²) < 4.78 is 27.3. The third-order valence-corrected chi connectivity index (χ3v) is 5.02. The highest BCUT2D eigenvalue weighted by Gasteiger charge is 2.25. The number of aromatic nitrogens is 2. The van der Waals surface area contributed by atoms with Crippen molar-refractivity contribution in [2.45, 2.75) is 6.92 Å². The molecule has 2 aromatic heterocycles. The maximum Gasteiger partial charge on any atom is 0.356 e. The maximum atomic E-state index is 14.0. The largest absolute Gasteiger partial charge is 0.465 e. The minimum atomic E-state index is -0.538. The third kappa shape index (κ3) is 3.04. The van der Waals surface area contributed by atoms with Crippen molar-refractivity contribution < 1.29 is 23.5 Å². The summed E-state index contributed by atoms with van der Waals surface area (Å²) in [6, 6.07) is 16.8. The average molecular weight is 406 g/mol. The van der Waals surface area contributed by atoms with Gasteiger partial charge in [0.1, 0.15) is 11.5 Å². The van der Waals surface area contributed by atoms with Crippen molar-refractivity contribution in [3.8, 4) is 11.3 Å². The smallest absolute Gasteiger partial charge is 0.356 e. The molecular weight excluding hydrogens is 387 g/mol. The molecule has 0 saturated heterocycles. The number of hydrogen-bond acceptors (Lipinski definition) is 4. The van der Waals surface area contributed by atoms with Crippen LogP contribution in [0.3, 0.4) is 0 Å². The van der Waals surface area contributed by atoms with Crippen molar-refractivity contribution >= 4 is 22.8 Å². The van der Waals surface area contributed by atoms with E-state index in [1.54, 1.807) is 40.5 Å². The van der Waals surface area contributed by atoms with Gasteiger partial charge in [-0.05, 0) is 37.3 Å². The van der Waals surface area contributed by atoms with E-state index in [1.807, 2.05) is 24.3 Å². The Morgan fingerprint density at radius 2 is 1.60 bits per heavy atom. The van der Waals surface area contributed by atoms with Crippen LogP contribution < -0.4 is 0 Å². The number of para-hydroxylation sites is 1. The summed E-state index contributed by atoms with van der Waals surface area (Å²) in [6.07, 6.45) is 0. The standard InChI is InChI=1S/C23H19FN2O4/c1-14-18(22(27)29-2)13-20(15-8-6-9-17(24)11-15)25(14)26-19-10-5-4-7-16(19)12-21(26)23(28)30-3/h4-13H,1-3H3. The Labute approximate surface area is 172 Å². The Balaban J connectivity index is 2.12. The quantitative estimate of drug-likeness (QED) is 0.470. The molecular formula is C23H19FN2O4. The summed E-state index contributed by atoms with van der Waals surface area (Å²) in [5.41, 5.74) is 2.91. The zero-order valence-electron chi connectivity index (χ0n) is 16.7. The highest BCUT2D eigenvalue weighted by atomic mass is 19.1. The lowest BCUT2D eigenvalue weighted by Crippen LogP contribution is -2.19. The molecule has 4 rings (SSSR count). The first kappa shape index (κ1) is 19.4. The third-order valence-electron chi connectivity index (χ3n) is 5.02. The van der Waals surface area contributed by atoms with Gasteiger partial charge in [-0.2, -0.15) is 0 Å². The lowest BCUT2D eigenvalue weighted by molar-refractivity contribution is 0.0585. The van der Waals surface area contributed by atoms with Gasteiger partial charge in [-0.15, -0.1) is 0 Å². The summed E-state index contributed by atoms with van der Waals surface area (Å²) in [5, 5.41) is 0.816. The van der Waals surface area contributed by atoms with Gasteiger partial charge in [0.2, 0.25) is 0 Å². The molecule has 0 amide bonds. The molecule has 0 unspecified atom stereocenters. The number of fused-ring (bicyclic) bond motifs is 1. The zero-order chi connectivity index (χ0) is 21.4. The Morgan fingerprint density at radius 3 is 2.30 bits per heavy atom. The summed E-state index contributed by atoms with van der Waals surface area (Å²) >= 11 is 0. The van der Waals surface area contributed by atoms with Crippen LogP contribution in [0.1, 0.15) is 26.5 Å². The molecule has 0 fully saturated rings. The van der Waals surface area contributed by atoms with Gasteiger partial charge in [0.05, 0.1) is 36.7 Å². The molecule has 0 aliphatic carbocycles. The predicted molar refractivity (Wildman–Crippen MR) is 110 cm³/mol. The molecule has 0 atom stereocenters. The molecule has 0 aliphatic heterocycles. The monoisotopic (exact) mass is 406 g/mol. The van der Waals surface area contributed by atoms with Crippen molar-refractivity contribution in [2.75, 3.05) is 14.2 Å². The van der Waals surface area contributed by atoms with Gasteiger partial charge < -0.3 is 9.47 Å². The molecule has 0 bridgehead atoms. The van der Waals surface area contributed by atoms with Crippen LogP contribution in [-0.2, 0) is 9.47 Å². The number of rotatable bonds is 4. The van der Waals surface area contributed by atoms with Gasteiger partial charge in [-0.1, -0.05) is 30.3 Å². The maximum absolute atomic E-state index is 14.0. The Kier molecular flexibility index (Phi) is 4.87. The molecule has 0 radical (unpaired) electrons. The molecule has 0 saturated carbocycles. The molecule has 7 heteroatoms. The Morgan fingerprint density at radius 1 is 0.867 bits per heavy atom. The number of ether oxygens (including phenoxy) is 2. The van der Waals surface area contributed by atoms with E-state index in [0.717, 1.165) is 10.9 Å². The lowest BCUT2D eigenvalue weighted by atomic mass is 10.1. The molecule has 30 heavy (non-hydrogen) atoms. The van der Waals surface area contributed by atoms with E-state index in [4.69, 9.17) is 9.47 Å². The van der Waals surface area contributed by atoms with Gasteiger partial charge in [0, 0.05) is 10.9 Å². The fraction of sp³-hybridized carbons (Fsp3) is 0.130. The number of hydrogen-bond donors (Lipinski definition) is 0. The van der Waals surface area contributed by atoms with E-state index in [0.29, 0.717) is 22.5 Å². The van der Waals surface area contributed by atoms with Gasteiger partial charge in [0.25, 0.3) is 0 Å². The van der Waals surface area contributed by atoms with Crippen LogP contribution in [0.2, 0.25) is 0 Å². The second kappa shape index (κ2) is 7.51. The number of esters is 2. The van der Waals surface area contributed by atoms with E-state index in [-0.39, 0.29) is 5.69 Å². The number of carbonyl (C=O) groups is 2. The number of nitrogens with zero attached hydrogens (tertiary/aromatic N) is 2. The van der Waals surface area contributed by atoms with Crippen molar-refractivity contribution in [1.82, 2.24) is 9.35 Å². The second-order valence-electron chi connectivity index (χ2n) is 6.73. The number of carbonyl (C=O) groups excluding carboxylic acids is 2. The first-order valence-corrected chi connectivity index (χ1v) is 9.22. The van der Waals surface area contributed by atoms with Crippen LogP contribution in [0.25, 0.3) is 22.2 Å². The van der Waals surface area contributed by atoms with Gasteiger partial charge >= 0.3 is 11.9 Å². The summed E-state index contributed by atoms with van der Waals surface area (Å²) in [5.74, 6) is -1.48. The summed E-state index contributed by atoms with van der Waals surface area (Å²) in [7, 11) is 2.60. The normalized spacial score (nSPS) is 10.9. The fourth-order valence-electron chi connectivity index (χ4n) is 3.63. The molecule has 2 aromatic carbocycles. The van der Waals surface area contributed by atoms with Crippen LogP contribution >= 0.6 is 0 Å². The van der Waals surface area contributed by atoms with E-state index < -0.39 is 17.8 Å². The minimum absolute atomic E-state index is 0.270. The van der Waals surface area contributed by atoms with Crippen LogP contribution in [-0.4, -0.2) is 35.5 Å². The topological polar surface area (TPSA) is 62.5 Å². The summed E-state index contributed by atoms with van der Waals surface area (Å²) in [4.78, 5) is 25.0. The zero-order valence-corrected chi connectivity index (χ0v) is 16.7. The number of halogens is 1. The Bertz CT molecular complexity index is 1290. The van der Waals surface area contributed by atoms with Gasteiger partial charge in [0.15, 0.2) is 0 Å². The molecule has 2 heterocycles. The molecule has 4 aromatic rings. The van der Waals surface area contributed by atoms with E-state index >= 15 is 0 Å². The van der Waals surface area contributed by atoms with E-state index in [9.17, 15) is 14.0 Å². The first-order valence-electron chi connectivity index (χ1n) is 9.22. The first-order chi connectivity index (χ1) is 14.5. The molecule has 0 spiro atoms. The lowest BCUT2D eigenvalue weighted by Gasteiger charge is -2.17. The van der Waals surface area contributed by atoms with Crippen molar-refractivity contribution in [3.63, 3.8) is 0 Å². The van der Waals surface area contributed by atoms with E-state index in [1.165, 1.54) is 26.4 Å². The number of methoxy groups -OCH3 is 2. The van der Waals surface area contributed by atoms with Crippen LogP contribution in [0.4, 0.5) is 4.39 Å². The van der Waals surface area contributed by atoms with Crippen molar-refractivity contribution in [1.29, 1.82) is 0 Å².